The molecule has 1 fully saturated rings. The maximum Gasteiger partial charge on any atom is 0.238 e. The van der Waals surface area contributed by atoms with Gasteiger partial charge in [-0.1, -0.05) is 39.1 Å². The van der Waals surface area contributed by atoms with E-state index in [0.717, 1.165) is 5.03 Å². The monoisotopic (exact) mass is 171 g/mol. The predicted molar refractivity (Wildman–Crippen MR) is 48.1 cm³/mol. The highest BCUT2D eigenvalue weighted by molar-refractivity contribution is 8.04. The molecule has 62 valence electrons. The molecular formula is C8H13NOS. The Morgan fingerprint density at radius 3 is 2.27 bits per heavy atom. The summed E-state index contributed by atoms with van der Waals surface area (Å²) in [5.41, 5.74) is 0.0220. The quantitative estimate of drug-likeness (QED) is 0.601. The number of rotatable bonds is 0. The number of hydrogen-bond acceptors (Lipinski definition) is 2. The van der Waals surface area contributed by atoms with E-state index < -0.39 is 0 Å². The first-order valence-electron chi connectivity index (χ1n) is 3.57. The average molecular weight is 171 g/mol. The molecule has 1 rings (SSSR count). The van der Waals surface area contributed by atoms with Crippen molar-refractivity contribution in [3.05, 3.63) is 11.6 Å². The Hall–Kier alpha value is -0.440. The smallest absolute Gasteiger partial charge is 0.238 e. The van der Waals surface area contributed by atoms with Crippen molar-refractivity contribution >= 4 is 17.7 Å². The molecule has 11 heavy (non-hydrogen) atoms. The van der Waals surface area contributed by atoms with E-state index >= 15 is 0 Å². The lowest BCUT2D eigenvalue weighted by atomic mass is 9.91. The van der Waals surface area contributed by atoms with Gasteiger partial charge in [-0.3, -0.25) is 4.79 Å². The number of thioether (sulfide) groups is 1. The van der Waals surface area contributed by atoms with Crippen LogP contribution in [0.3, 0.4) is 0 Å². The average Bonchev–Trinajstić information content (AvgIpc) is 2.08. The van der Waals surface area contributed by atoms with Crippen LogP contribution in [0.4, 0.5) is 0 Å². The van der Waals surface area contributed by atoms with E-state index in [0.29, 0.717) is 0 Å². The zero-order valence-electron chi connectivity index (χ0n) is 7.10. The van der Waals surface area contributed by atoms with Crippen LogP contribution in [-0.2, 0) is 4.79 Å². The van der Waals surface area contributed by atoms with Gasteiger partial charge in [0, 0.05) is 0 Å². The third-order valence-corrected chi connectivity index (χ3v) is 3.09. The van der Waals surface area contributed by atoms with E-state index in [1.54, 1.807) is 0 Å². The van der Waals surface area contributed by atoms with Crippen molar-refractivity contribution < 1.29 is 4.79 Å². The van der Waals surface area contributed by atoms with Crippen LogP contribution in [0.25, 0.3) is 0 Å². The second-order valence-electron chi connectivity index (χ2n) is 3.78. The van der Waals surface area contributed by atoms with Gasteiger partial charge in [0.2, 0.25) is 5.91 Å². The SMILES string of the molecule is C=C1NC(=O)C(C(C)(C)C)S1. The summed E-state index contributed by atoms with van der Waals surface area (Å²) in [6, 6.07) is 0. The molecule has 0 aromatic rings. The fourth-order valence-corrected chi connectivity index (χ4v) is 1.96. The first-order chi connectivity index (χ1) is 4.91. The summed E-state index contributed by atoms with van der Waals surface area (Å²) in [4.78, 5) is 11.2. The highest BCUT2D eigenvalue weighted by atomic mass is 32.2. The molecule has 1 aliphatic rings. The fourth-order valence-electron chi connectivity index (χ4n) is 0.998. The van der Waals surface area contributed by atoms with Gasteiger partial charge in [0.05, 0.1) is 10.3 Å². The Balaban J connectivity index is 2.76. The van der Waals surface area contributed by atoms with E-state index in [1.807, 2.05) is 0 Å². The first-order valence-corrected chi connectivity index (χ1v) is 4.45. The van der Waals surface area contributed by atoms with Gasteiger partial charge in [-0.25, -0.2) is 0 Å². The molecule has 3 heteroatoms. The summed E-state index contributed by atoms with van der Waals surface area (Å²) < 4.78 is 0. The zero-order chi connectivity index (χ0) is 8.65. The van der Waals surface area contributed by atoms with Crippen LogP contribution in [0.5, 0.6) is 0 Å². The van der Waals surface area contributed by atoms with Crippen molar-refractivity contribution in [1.82, 2.24) is 5.32 Å². The predicted octanol–water partition coefficient (Wildman–Crippen LogP) is 1.74. The summed E-state index contributed by atoms with van der Waals surface area (Å²) in [6.45, 7) is 9.87. The summed E-state index contributed by atoms with van der Waals surface area (Å²) in [6.07, 6.45) is 0. The Morgan fingerprint density at radius 1 is 1.55 bits per heavy atom. The number of carbonyl (C=O) groups is 1. The molecule has 1 heterocycles. The zero-order valence-corrected chi connectivity index (χ0v) is 7.92. The van der Waals surface area contributed by atoms with Gasteiger partial charge in [-0.2, -0.15) is 0 Å². The Labute approximate surface area is 71.4 Å². The molecule has 0 bridgehead atoms. The molecule has 1 N–H and O–H groups in total. The third kappa shape index (κ3) is 1.77. The van der Waals surface area contributed by atoms with Crippen molar-refractivity contribution in [2.75, 3.05) is 0 Å². The van der Waals surface area contributed by atoms with Gasteiger partial charge in [0.25, 0.3) is 0 Å². The Bertz CT molecular complexity index is 205. The van der Waals surface area contributed by atoms with Crippen LogP contribution >= 0.6 is 11.8 Å². The maximum atomic E-state index is 11.2. The molecule has 1 unspecified atom stereocenters. The number of carbonyl (C=O) groups excluding carboxylic acids is 1. The molecule has 1 aliphatic heterocycles. The second-order valence-corrected chi connectivity index (χ2v) is 4.98. The van der Waals surface area contributed by atoms with Crippen LogP contribution < -0.4 is 5.32 Å². The number of hydrogen-bond donors (Lipinski definition) is 1. The number of nitrogens with one attached hydrogen (secondary N) is 1. The summed E-state index contributed by atoms with van der Waals surface area (Å²) in [5.74, 6) is 0.0903. The van der Waals surface area contributed by atoms with Crippen LogP contribution in [0.1, 0.15) is 20.8 Å². The maximum absolute atomic E-state index is 11.2. The number of amides is 1. The van der Waals surface area contributed by atoms with Crippen LogP contribution in [0.15, 0.2) is 11.6 Å². The third-order valence-electron chi connectivity index (χ3n) is 1.55. The minimum absolute atomic E-state index is 0.0220. The van der Waals surface area contributed by atoms with Crippen molar-refractivity contribution in [3.63, 3.8) is 0 Å². The molecular weight excluding hydrogens is 158 g/mol. The van der Waals surface area contributed by atoms with Gasteiger partial charge in [0.15, 0.2) is 0 Å². The van der Waals surface area contributed by atoms with Crippen LogP contribution in [0.2, 0.25) is 0 Å². The Kier molecular flexibility index (Phi) is 2.01. The first kappa shape index (κ1) is 8.65. The van der Waals surface area contributed by atoms with Crippen molar-refractivity contribution in [2.24, 2.45) is 5.41 Å². The molecule has 0 saturated carbocycles. The van der Waals surface area contributed by atoms with E-state index in [4.69, 9.17) is 0 Å². The summed E-state index contributed by atoms with van der Waals surface area (Å²) in [7, 11) is 0. The molecule has 0 aliphatic carbocycles. The van der Waals surface area contributed by atoms with E-state index in [2.05, 4.69) is 32.7 Å². The van der Waals surface area contributed by atoms with E-state index in [1.165, 1.54) is 11.8 Å². The minimum atomic E-state index is 0.0220. The Morgan fingerprint density at radius 2 is 2.09 bits per heavy atom. The molecule has 0 spiro atoms. The van der Waals surface area contributed by atoms with Crippen molar-refractivity contribution in [1.29, 1.82) is 0 Å². The van der Waals surface area contributed by atoms with Gasteiger partial charge in [0.1, 0.15) is 0 Å². The summed E-state index contributed by atoms with van der Waals surface area (Å²) in [5, 5.41) is 3.50. The minimum Gasteiger partial charge on any atom is -0.320 e. The molecule has 0 aromatic carbocycles. The molecule has 2 nitrogen and oxygen atoms in total. The van der Waals surface area contributed by atoms with Crippen molar-refractivity contribution in [2.45, 2.75) is 26.0 Å². The lowest BCUT2D eigenvalue weighted by molar-refractivity contribution is -0.120. The van der Waals surface area contributed by atoms with Gasteiger partial charge < -0.3 is 5.32 Å². The molecule has 0 aromatic heterocycles. The standard InChI is InChI=1S/C8H13NOS/c1-5-9-7(10)6(11-5)8(2,3)4/h6H,1H2,2-4H3,(H,9,10). The molecule has 1 atom stereocenters. The lowest BCUT2D eigenvalue weighted by Gasteiger charge is -2.22. The van der Waals surface area contributed by atoms with E-state index in [-0.39, 0.29) is 16.6 Å². The van der Waals surface area contributed by atoms with Gasteiger partial charge in [-0.05, 0) is 5.41 Å². The molecule has 1 amide bonds. The highest BCUT2D eigenvalue weighted by Crippen LogP contribution is 2.37. The normalized spacial score (nSPS) is 25.5. The largest absolute Gasteiger partial charge is 0.320 e. The van der Waals surface area contributed by atoms with Crippen LogP contribution in [0, 0.1) is 5.41 Å². The van der Waals surface area contributed by atoms with Crippen molar-refractivity contribution in [3.8, 4) is 0 Å². The van der Waals surface area contributed by atoms with Gasteiger partial charge in [-0.15, -0.1) is 0 Å². The van der Waals surface area contributed by atoms with E-state index in [9.17, 15) is 4.79 Å². The fraction of sp³-hybridized carbons (Fsp3) is 0.625. The highest BCUT2D eigenvalue weighted by Gasteiger charge is 2.37. The molecule has 0 radical (unpaired) electrons. The second kappa shape index (κ2) is 2.55. The molecule has 1 saturated heterocycles. The summed E-state index contributed by atoms with van der Waals surface area (Å²) >= 11 is 1.53. The van der Waals surface area contributed by atoms with Crippen LogP contribution in [-0.4, -0.2) is 11.2 Å². The van der Waals surface area contributed by atoms with Gasteiger partial charge >= 0.3 is 0 Å². The lowest BCUT2D eigenvalue weighted by Crippen LogP contribution is -2.32. The topological polar surface area (TPSA) is 29.1 Å².